The molecule has 5 heteroatoms. The van der Waals surface area contributed by atoms with E-state index in [1.807, 2.05) is 26.0 Å². The van der Waals surface area contributed by atoms with Gasteiger partial charge in [-0.05, 0) is 42.9 Å². The van der Waals surface area contributed by atoms with Crippen LogP contribution in [0.15, 0.2) is 23.1 Å². The molecule has 2 atom stereocenters. The average Bonchev–Trinajstić information content (AvgIpc) is 2.77. The number of hydrogen-bond acceptors (Lipinski definition) is 3. The van der Waals surface area contributed by atoms with Gasteiger partial charge >= 0.3 is 0 Å². The van der Waals surface area contributed by atoms with Gasteiger partial charge in [-0.25, -0.2) is 8.42 Å². The summed E-state index contributed by atoms with van der Waals surface area (Å²) in [5.74, 6) is 0.419. The fourth-order valence-electron chi connectivity index (χ4n) is 2.98. The zero-order valence-electron chi connectivity index (χ0n) is 12.5. The normalized spacial score (nSPS) is 24.2. The van der Waals surface area contributed by atoms with E-state index in [0.29, 0.717) is 30.3 Å². The summed E-state index contributed by atoms with van der Waals surface area (Å²) < 4.78 is 27.5. The van der Waals surface area contributed by atoms with Gasteiger partial charge in [-0.15, -0.1) is 0 Å². The van der Waals surface area contributed by atoms with Crippen molar-refractivity contribution < 1.29 is 8.42 Å². The minimum absolute atomic E-state index is 0.0706. The lowest BCUT2D eigenvalue weighted by molar-refractivity contribution is 0.405. The first-order valence-corrected chi connectivity index (χ1v) is 8.67. The number of benzene rings is 1. The molecule has 1 saturated heterocycles. The van der Waals surface area contributed by atoms with Gasteiger partial charge in [0, 0.05) is 19.1 Å². The van der Waals surface area contributed by atoms with Crippen LogP contribution >= 0.6 is 0 Å². The predicted octanol–water partition coefficient (Wildman–Crippen LogP) is 2.13. The molecule has 0 saturated carbocycles. The molecule has 1 aromatic carbocycles. The van der Waals surface area contributed by atoms with Crippen molar-refractivity contribution in [2.24, 2.45) is 11.7 Å². The van der Waals surface area contributed by atoms with Crippen molar-refractivity contribution in [3.8, 4) is 0 Å². The average molecular weight is 296 g/mol. The summed E-state index contributed by atoms with van der Waals surface area (Å²) in [4.78, 5) is 0.434. The van der Waals surface area contributed by atoms with Crippen molar-refractivity contribution in [1.82, 2.24) is 4.31 Å². The molecule has 20 heavy (non-hydrogen) atoms. The maximum absolute atomic E-state index is 12.9. The Labute approximate surface area is 122 Å². The van der Waals surface area contributed by atoms with Gasteiger partial charge in [0.2, 0.25) is 10.0 Å². The molecule has 2 rings (SSSR count). The molecular weight excluding hydrogens is 272 g/mol. The van der Waals surface area contributed by atoms with Crippen LogP contribution in [0.5, 0.6) is 0 Å². The smallest absolute Gasteiger partial charge is 0.243 e. The first-order chi connectivity index (χ1) is 9.40. The Hall–Kier alpha value is -0.910. The highest BCUT2D eigenvalue weighted by Crippen LogP contribution is 2.31. The van der Waals surface area contributed by atoms with Crippen molar-refractivity contribution in [3.63, 3.8) is 0 Å². The lowest BCUT2D eigenvalue weighted by Crippen LogP contribution is -2.34. The van der Waals surface area contributed by atoms with E-state index >= 15 is 0 Å². The van der Waals surface area contributed by atoms with Crippen LogP contribution in [0.3, 0.4) is 0 Å². The molecule has 4 nitrogen and oxygen atoms in total. The van der Waals surface area contributed by atoms with E-state index < -0.39 is 10.0 Å². The monoisotopic (exact) mass is 296 g/mol. The van der Waals surface area contributed by atoms with E-state index in [1.54, 1.807) is 10.4 Å². The summed E-state index contributed by atoms with van der Waals surface area (Å²) in [6.07, 6.45) is 1.63. The number of rotatable bonds is 4. The molecule has 2 unspecified atom stereocenters. The van der Waals surface area contributed by atoms with Crippen LogP contribution in [0, 0.1) is 5.92 Å². The van der Waals surface area contributed by atoms with Gasteiger partial charge in [0.25, 0.3) is 0 Å². The van der Waals surface area contributed by atoms with Crippen molar-refractivity contribution >= 4 is 10.0 Å². The van der Waals surface area contributed by atoms with Crippen molar-refractivity contribution in [3.05, 3.63) is 29.3 Å². The molecular formula is C15H24N2O2S. The second kappa shape index (κ2) is 5.84. The number of hydrogen-bond donors (Lipinski definition) is 1. The molecule has 1 aliphatic rings. The minimum atomic E-state index is -3.42. The highest BCUT2D eigenvalue weighted by atomic mass is 32.2. The number of nitrogens with two attached hydrogens (primary N) is 1. The summed E-state index contributed by atoms with van der Waals surface area (Å²) in [7, 11) is -3.42. The van der Waals surface area contributed by atoms with E-state index in [4.69, 9.17) is 5.73 Å². The Bertz CT molecular complexity index is 584. The van der Waals surface area contributed by atoms with Gasteiger partial charge in [0.15, 0.2) is 0 Å². The third-order valence-corrected chi connectivity index (χ3v) is 6.12. The van der Waals surface area contributed by atoms with Crippen LogP contribution in [0.2, 0.25) is 0 Å². The molecule has 1 aliphatic heterocycles. The number of nitrogens with zero attached hydrogens (tertiary/aromatic N) is 1. The second-order valence-corrected chi connectivity index (χ2v) is 7.62. The van der Waals surface area contributed by atoms with E-state index in [2.05, 4.69) is 6.92 Å². The molecule has 2 N–H and O–H groups in total. The summed E-state index contributed by atoms with van der Waals surface area (Å²) in [5.41, 5.74) is 7.38. The fourth-order valence-corrected chi connectivity index (χ4v) is 5.09. The maximum Gasteiger partial charge on any atom is 0.243 e. The Kier molecular flexibility index (Phi) is 4.52. The summed E-state index contributed by atoms with van der Waals surface area (Å²) >= 11 is 0. The van der Waals surface area contributed by atoms with Crippen LogP contribution in [-0.4, -0.2) is 25.3 Å². The van der Waals surface area contributed by atoms with E-state index in [1.165, 1.54) is 0 Å². The first kappa shape index (κ1) is 15.5. The van der Waals surface area contributed by atoms with Crippen LogP contribution in [0.25, 0.3) is 0 Å². The topological polar surface area (TPSA) is 63.4 Å². The van der Waals surface area contributed by atoms with Gasteiger partial charge < -0.3 is 5.73 Å². The van der Waals surface area contributed by atoms with Crippen LogP contribution < -0.4 is 5.73 Å². The molecule has 1 heterocycles. The summed E-state index contributed by atoms with van der Waals surface area (Å²) in [6, 6.07) is 5.61. The standard InChI is InChI=1S/C15H24N2O2S/c1-4-14-6-5-13(9-16)8-15(14)20(18,19)17-10-11(2)7-12(17)3/h5-6,8,11-12H,4,7,9-10,16H2,1-3H3. The van der Waals surface area contributed by atoms with Crippen LogP contribution in [0.4, 0.5) is 0 Å². The molecule has 1 aromatic rings. The molecule has 0 radical (unpaired) electrons. The molecule has 1 fully saturated rings. The van der Waals surface area contributed by atoms with Crippen molar-refractivity contribution in [2.45, 2.75) is 51.1 Å². The van der Waals surface area contributed by atoms with Crippen molar-refractivity contribution in [2.75, 3.05) is 6.54 Å². The van der Waals surface area contributed by atoms with Crippen molar-refractivity contribution in [1.29, 1.82) is 0 Å². The highest BCUT2D eigenvalue weighted by molar-refractivity contribution is 7.89. The Morgan fingerprint density at radius 1 is 1.35 bits per heavy atom. The fraction of sp³-hybridized carbons (Fsp3) is 0.600. The summed E-state index contributed by atoms with van der Waals surface area (Å²) in [5, 5.41) is 0. The van der Waals surface area contributed by atoms with Gasteiger partial charge in [0.05, 0.1) is 4.90 Å². The molecule has 0 spiro atoms. The Balaban J connectivity index is 2.48. The molecule has 112 valence electrons. The van der Waals surface area contributed by atoms with E-state index in [-0.39, 0.29) is 6.04 Å². The lowest BCUT2D eigenvalue weighted by atomic mass is 10.1. The lowest BCUT2D eigenvalue weighted by Gasteiger charge is -2.23. The zero-order chi connectivity index (χ0) is 14.9. The third-order valence-electron chi connectivity index (χ3n) is 4.06. The first-order valence-electron chi connectivity index (χ1n) is 7.23. The Morgan fingerprint density at radius 2 is 2.05 bits per heavy atom. The van der Waals surface area contributed by atoms with Crippen LogP contribution in [0.1, 0.15) is 38.3 Å². The third kappa shape index (κ3) is 2.75. The molecule has 0 aromatic heterocycles. The Morgan fingerprint density at radius 3 is 2.55 bits per heavy atom. The van der Waals surface area contributed by atoms with E-state index in [9.17, 15) is 8.42 Å². The van der Waals surface area contributed by atoms with E-state index in [0.717, 1.165) is 17.5 Å². The maximum atomic E-state index is 12.9. The quantitative estimate of drug-likeness (QED) is 0.925. The zero-order valence-corrected chi connectivity index (χ0v) is 13.3. The largest absolute Gasteiger partial charge is 0.326 e. The van der Waals surface area contributed by atoms with Gasteiger partial charge in [0.1, 0.15) is 0 Å². The second-order valence-electron chi connectivity index (χ2n) is 5.76. The van der Waals surface area contributed by atoms with Gasteiger partial charge in [-0.2, -0.15) is 4.31 Å². The summed E-state index contributed by atoms with van der Waals surface area (Å²) in [6.45, 7) is 7.03. The predicted molar refractivity (Wildman–Crippen MR) is 80.8 cm³/mol. The SMILES string of the molecule is CCc1ccc(CN)cc1S(=O)(=O)N1CC(C)CC1C. The molecule has 0 bridgehead atoms. The number of aryl methyl sites for hydroxylation is 1. The van der Waals surface area contributed by atoms with Crippen LogP contribution in [-0.2, 0) is 23.0 Å². The molecule has 0 aliphatic carbocycles. The molecule has 0 amide bonds. The van der Waals surface area contributed by atoms with Gasteiger partial charge in [-0.1, -0.05) is 26.0 Å². The number of sulfonamides is 1. The van der Waals surface area contributed by atoms with Gasteiger partial charge in [-0.3, -0.25) is 0 Å². The highest BCUT2D eigenvalue weighted by Gasteiger charge is 2.36. The minimum Gasteiger partial charge on any atom is -0.326 e.